The lowest BCUT2D eigenvalue weighted by atomic mass is 10.0. The molecule has 0 radical (unpaired) electrons. The third-order valence-corrected chi connectivity index (χ3v) is 1.93. The van der Waals surface area contributed by atoms with Gasteiger partial charge in [-0.3, -0.25) is 4.90 Å². The third kappa shape index (κ3) is 1.29. The zero-order valence-electron chi connectivity index (χ0n) is 5.94. The summed E-state index contributed by atoms with van der Waals surface area (Å²) in [5.41, 5.74) is 0. The lowest BCUT2D eigenvalue weighted by molar-refractivity contribution is -0.147. The number of aliphatic hydroxyl groups excluding tert-OH is 3. The Labute approximate surface area is 59.7 Å². The molecule has 1 aliphatic heterocycles. The minimum atomic E-state index is -1.02. The first kappa shape index (κ1) is 7.94. The summed E-state index contributed by atoms with van der Waals surface area (Å²) in [5.74, 6) is 0. The van der Waals surface area contributed by atoms with Crippen molar-refractivity contribution < 1.29 is 15.3 Å². The van der Waals surface area contributed by atoms with Crippen LogP contribution in [0.3, 0.4) is 0 Å². The van der Waals surface area contributed by atoms with E-state index in [0.29, 0.717) is 13.0 Å². The van der Waals surface area contributed by atoms with Crippen LogP contribution in [0.2, 0.25) is 0 Å². The molecule has 0 aromatic heterocycles. The van der Waals surface area contributed by atoms with E-state index in [9.17, 15) is 0 Å². The molecule has 0 aliphatic carbocycles. The van der Waals surface area contributed by atoms with Gasteiger partial charge in [-0.25, -0.2) is 0 Å². The van der Waals surface area contributed by atoms with Crippen LogP contribution in [0, 0.1) is 0 Å². The van der Waals surface area contributed by atoms with Gasteiger partial charge in [-0.1, -0.05) is 0 Å². The fourth-order valence-electron chi connectivity index (χ4n) is 1.10. The minimum Gasteiger partial charge on any atom is -0.390 e. The van der Waals surface area contributed by atoms with E-state index in [-0.39, 0.29) is 0 Å². The summed E-state index contributed by atoms with van der Waals surface area (Å²) in [4.78, 5) is 1.61. The summed E-state index contributed by atoms with van der Waals surface area (Å²) < 4.78 is 0. The zero-order valence-corrected chi connectivity index (χ0v) is 5.94. The van der Waals surface area contributed by atoms with Crippen molar-refractivity contribution in [1.29, 1.82) is 0 Å². The molecule has 1 aliphatic rings. The average Bonchev–Trinajstić information content (AvgIpc) is 1.93. The fraction of sp³-hybridized carbons (Fsp3) is 1.00. The van der Waals surface area contributed by atoms with Crippen molar-refractivity contribution in [3.05, 3.63) is 0 Å². The molecule has 10 heavy (non-hydrogen) atoms. The maximum absolute atomic E-state index is 9.13. The first-order valence-electron chi connectivity index (χ1n) is 3.37. The van der Waals surface area contributed by atoms with Gasteiger partial charge in [0.05, 0.1) is 6.10 Å². The maximum Gasteiger partial charge on any atom is 0.135 e. The van der Waals surface area contributed by atoms with Gasteiger partial charge in [0.2, 0.25) is 0 Å². The van der Waals surface area contributed by atoms with Crippen LogP contribution in [0.15, 0.2) is 0 Å². The quantitative estimate of drug-likeness (QED) is 0.384. The second-order valence-electron chi connectivity index (χ2n) is 2.74. The highest BCUT2D eigenvalue weighted by Crippen LogP contribution is 2.13. The molecule has 60 valence electrons. The highest BCUT2D eigenvalue weighted by atomic mass is 16.4. The van der Waals surface area contributed by atoms with Crippen molar-refractivity contribution in [2.45, 2.75) is 24.9 Å². The van der Waals surface area contributed by atoms with Crippen LogP contribution < -0.4 is 0 Å². The van der Waals surface area contributed by atoms with Crippen LogP contribution in [-0.2, 0) is 0 Å². The van der Waals surface area contributed by atoms with E-state index in [1.54, 1.807) is 11.9 Å². The molecule has 3 N–H and O–H groups in total. The van der Waals surface area contributed by atoms with Gasteiger partial charge in [-0.05, 0) is 13.5 Å². The molecule has 0 unspecified atom stereocenters. The molecule has 0 aromatic carbocycles. The Balaban J connectivity index is 2.52. The van der Waals surface area contributed by atoms with E-state index in [1.165, 1.54) is 0 Å². The normalized spacial score (nSPS) is 43.8. The molecule has 1 rings (SSSR count). The second-order valence-corrected chi connectivity index (χ2v) is 2.74. The molecule has 1 heterocycles. The summed E-state index contributed by atoms with van der Waals surface area (Å²) >= 11 is 0. The van der Waals surface area contributed by atoms with E-state index in [2.05, 4.69) is 0 Å². The van der Waals surface area contributed by atoms with Gasteiger partial charge in [0.1, 0.15) is 12.3 Å². The van der Waals surface area contributed by atoms with Crippen LogP contribution in [0.25, 0.3) is 0 Å². The average molecular weight is 147 g/mol. The maximum atomic E-state index is 9.13. The topological polar surface area (TPSA) is 63.9 Å². The number of hydrogen-bond donors (Lipinski definition) is 3. The Kier molecular flexibility index (Phi) is 2.25. The number of rotatable bonds is 0. The highest BCUT2D eigenvalue weighted by molar-refractivity contribution is 4.80. The summed E-state index contributed by atoms with van der Waals surface area (Å²) in [7, 11) is 1.71. The van der Waals surface area contributed by atoms with Crippen molar-refractivity contribution in [3.8, 4) is 0 Å². The Morgan fingerprint density at radius 3 is 2.40 bits per heavy atom. The van der Waals surface area contributed by atoms with Crippen LogP contribution in [-0.4, -0.2) is 52.2 Å². The van der Waals surface area contributed by atoms with Gasteiger partial charge in [-0.15, -0.1) is 0 Å². The molecule has 0 spiro atoms. The molecule has 0 aromatic rings. The molecule has 4 heteroatoms. The predicted molar refractivity (Wildman–Crippen MR) is 35.3 cm³/mol. The highest BCUT2D eigenvalue weighted by Gasteiger charge is 2.32. The number of likely N-dealkylation sites (tertiary alicyclic amines) is 1. The molecular formula is C6H13NO3. The van der Waals surface area contributed by atoms with Crippen molar-refractivity contribution in [2.24, 2.45) is 0 Å². The number of hydrogen-bond acceptors (Lipinski definition) is 4. The minimum absolute atomic E-state index is 0.523. The number of piperidine rings is 1. The Bertz CT molecular complexity index is 106. The molecule has 1 fully saturated rings. The smallest absolute Gasteiger partial charge is 0.135 e. The molecule has 3 atom stereocenters. The molecule has 1 saturated heterocycles. The largest absolute Gasteiger partial charge is 0.390 e. The summed E-state index contributed by atoms with van der Waals surface area (Å²) in [6.07, 6.45) is -2.18. The standard InChI is InChI=1S/C6H13NO3/c1-7-3-2-4(8)5(9)6(7)10/h4-6,8-10H,2-3H2,1H3/t4-,5-,6-/m0/s1. The fourth-order valence-corrected chi connectivity index (χ4v) is 1.10. The van der Waals surface area contributed by atoms with Gasteiger partial charge in [-0.2, -0.15) is 0 Å². The number of likely N-dealkylation sites (N-methyl/N-ethyl adjacent to an activating group) is 1. The van der Waals surface area contributed by atoms with Crippen LogP contribution in [0.4, 0.5) is 0 Å². The van der Waals surface area contributed by atoms with Gasteiger partial charge < -0.3 is 15.3 Å². The van der Waals surface area contributed by atoms with E-state index >= 15 is 0 Å². The van der Waals surface area contributed by atoms with Gasteiger partial charge >= 0.3 is 0 Å². The number of nitrogens with zero attached hydrogens (tertiary/aromatic N) is 1. The second kappa shape index (κ2) is 2.84. The van der Waals surface area contributed by atoms with E-state index in [4.69, 9.17) is 15.3 Å². The summed E-state index contributed by atoms with van der Waals surface area (Å²) in [6.45, 7) is 0.624. The summed E-state index contributed by atoms with van der Waals surface area (Å²) in [5, 5.41) is 27.2. The Morgan fingerprint density at radius 2 is 1.90 bits per heavy atom. The Hall–Kier alpha value is -0.160. The van der Waals surface area contributed by atoms with E-state index in [1.807, 2.05) is 0 Å². The first-order valence-corrected chi connectivity index (χ1v) is 3.37. The van der Waals surface area contributed by atoms with Crippen molar-refractivity contribution in [2.75, 3.05) is 13.6 Å². The van der Waals surface area contributed by atoms with Gasteiger partial charge in [0.15, 0.2) is 0 Å². The van der Waals surface area contributed by atoms with Crippen molar-refractivity contribution in [1.82, 2.24) is 4.90 Å². The number of aliphatic hydroxyl groups is 3. The van der Waals surface area contributed by atoms with Crippen LogP contribution >= 0.6 is 0 Å². The van der Waals surface area contributed by atoms with Crippen molar-refractivity contribution in [3.63, 3.8) is 0 Å². The lowest BCUT2D eigenvalue weighted by Gasteiger charge is -2.35. The zero-order chi connectivity index (χ0) is 7.72. The first-order chi connectivity index (χ1) is 4.63. The van der Waals surface area contributed by atoms with E-state index < -0.39 is 18.4 Å². The third-order valence-electron chi connectivity index (χ3n) is 1.93. The molecule has 0 saturated carbocycles. The Morgan fingerprint density at radius 1 is 1.30 bits per heavy atom. The van der Waals surface area contributed by atoms with Gasteiger partial charge in [0, 0.05) is 6.54 Å². The molecule has 0 amide bonds. The monoisotopic (exact) mass is 147 g/mol. The SMILES string of the molecule is CN1CC[C@H](O)[C@H](O)[C@@H]1O. The van der Waals surface area contributed by atoms with Crippen molar-refractivity contribution >= 4 is 0 Å². The molecule has 4 nitrogen and oxygen atoms in total. The lowest BCUT2D eigenvalue weighted by Crippen LogP contribution is -2.52. The van der Waals surface area contributed by atoms with Crippen LogP contribution in [0.5, 0.6) is 0 Å². The summed E-state index contributed by atoms with van der Waals surface area (Å²) in [6, 6.07) is 0. The molecular weight excluding hydrogens is 134 g/mol. The van der Waals surface area contributed by atoms with Crippen LogP contribution in [0.1, 0.15) is 6.42 Å². The predicted octanol–water partition coefficient (Wildman–Crippen LogP) is -1.64. The molecule has 0 bridgehead atoms. The van der Waals surface area contributed by atoms with E-state index in [0.717, 1.165) is 0 Å². The van der Waals surface area contributed by atoms with Gasteiger partial charge in [0.25, 0.3) is 0 Å².